The molecule has 0 atom stereocenters. The highest BCUT2D eigenvalue weighted by Gasteiger charge is 2.11. The minimum Gasteiger partial charge on any atom is -0.300 e. The summed E-state index contributed by atoms with van der Waals surface area (Å²) in [5.74, 6) is -0.672. The van der Waals surface area contributed by atoms with Gasteiger partial charge in [0.25, 0.3) is 0 Å². The van der Waals surface area contributed by atoms with Crippen molar-refractivity contribution in [1.82, 2.24) is 19.7 Å². The SMILES string of the molecule is N#Cc1nncn1CC(=O)Nc1nc2ccc(F)cc2s1. The molecular formula is C12H7FN6OS. The molecule has 0 bridgehead atoms. The fourth-order valence-corrected chi connectivity index (χ4v) is 2.63. The van der Waals surface area contributed by atoms with Gasteiger partial charge in [-0.15, -0.1) is 10.2 Å². The number of carbonyl (C=O) groups excluding carboxylic acids is 1. The maximum atomic E-state index is 13.1. The number of halogens is 1. The van der Waals surface area contributed by atoms with Crippen molar-refractivity contribution >= 4 is 32.6 Å². The molecule has 0 saturated carbocycles. The normalized spacial score (nSPS) is 10.5. The van der Waals surface area contributed by atoms with E-state index in [4.69, 9.17) is 5.26 Å². The predicted octanol–water partition coefficient (Wildman–Crippen LogP) is 1.54. The van der Waals surface area contributed by atoms with Crippen LogP contribution in [0, 0.1) is 17.1 Å². The van der Waals surface area contributed by atoms with Crippen LogP contribution in [0.15, 0.2) is 24.5 Å². The number of nitrogens with one attached hydrogen (secondary N) is 1. The van der Waals surface area contributed by atoms with Gasteiger partial charge in [0.05, 0.1) is 10.2 Å². The maximum absolute atomic E-state index is 13.1. The van der Waals surface area contributed by atoms with Crippen LogP contribution < -0.4 is 5.32 Å². The van der Waals surface area contributed by atoms with E-state index in [1.807, 2.05) is 6.07 Å². The summed E-state index contributed by atoms with van der Waals surface area (Å²) in [6.07, 6.45) is 1.30. The number of rotatable bonds is 3. The summed E-state index contributed by atoms with van der Waals surface area (Å²) in [6, 6.07) is 6.04. The highest BCUT2D eigenvalue weighted by Crippen LogP contribution is 2.26. The van der Waals surface area contributed by atoms with Crippen LogP contribution in [0.1, 0.15) is 5.82 Å². The molecule has 1 aromatic carbocycles. The lowest BCUT2D eigenvalue weighted by atomic mass is 10.3. The van der Waals surface area contributed by atoms with E-state index in [9.17, 15) is 9.18 Å². The second-order valence-corrected chi connectivity index (χ2v) is 5.10. The Hall–Kier alpha value is -2.86. The first-order valence-electron chi connectivity index (χ1n) is 5.79. The summed E-state index contributed by atoms with van der Waals surface area (Å²) in [5, 5.41) is 18.9. The van der Waals surface area contributed by atoms with Crippen LogP contribution in [0.25, 0.3) is 10.2 Å². The number of nitriles is 1. The molecule has 21 heavy (non-hydrogen) atoms. The number of fused-ring (bicyclic) bond motifs is 1. The van der Waals surface area contributed by atoms with Crippen LogP contribution >= 0.6 is 11.3 Å². The van der Waals surface area contributed by atoms with E-state index in [0.29, 0.717) is 15.3 Å². The minimum absolute atomic E-state index is 0.0523. The standard InChI is InChI=1S/C12H7FN6OS/c13-7-1-2-8-9(3-7)21-12(16-8)17-11(20)5-19-6-15-18-10(19)4-14/h1-3,6H,5H2,(H,16,17,20). The van der Waals surface area contributed by atoms with Crippen molar-refractivity contribution in [3.63, 3.8) is 0 Å². The summed E-state index contributed by atoms with van der Waals surface area (Å²) in [4.78, 5) is 16.1. The number of hydrogen-bond acceptors (Lipinski definition) is 6. The molecule has 0 unspecified atom stereocenters. The van der Waals surface area contributed by atoms with Crippen molar-refractivity contribution in [2.45, 2.75) is 6.54 Å². The highest BCUT2D eigenvalue weighted by atomic mass is 32.1. The van der Waals surface area contributed by atoms with E-state index in [1.54, 1.807) is 6.07 Å². The zero-order chi connectivity index (χ0) is 14.8. The van der Waals surface area contributed by atoms with Crippen molar-refractivity contribution in [2.75, 3.05) is 5.32 Å². The van der Waals surface area contributed by atoms with Gasteiger partial charge in [-0.1, -0.05) is 11.3 Å². The monoisotopic (exact) mass is 302 g/mol. The first-order valence-corrected chi connectivity index (χ1v) is 6.61. The van der Waals surface area contributed by atoms with Crippen LogP contribution in [-0.4, -0.2) is 25.7 Å². The summed E-state index contributed by atoms with van der Waals surface area (Å²) in [7, 11) is 0. The number of nitrogens with zero attached hydrogens (tertiary/aromatic N) is 5. The Morgan fingerprint density at radius 3 is 3.19 bits per heavy atom. The van der Waals surface area contributed by atoms with Crippen molar-refractivity contribution in [3.8, 4) is 6.07 Å². The molecule has 0 spiro atoms. The number of hydrogen-bond donors (Lipinski definition) is 1. The molecule has 0 saturated heterocycles. The average Bonchev–Trinajstić information content (AvgIpc) is 3.03. The zero-order valence-corrected chi connectivity index (χ0v) is 11.3. The quantitative estimate of drug-likeness (QED) is 0.791. The Labute approximate surface area is 121 Å². The van der Waals surface area contributed by atoms with Crippen LogP contribution in [0.3, 0.4) is 0 Å². The second kappa shape index (κ2) is 5.26. The second-order valence-electron chi connectivity index (χ2n) is 4.07. The molecule has 1 N–H and O–H groups in total. The number of aromatic nitrogens is 4. The number of amides is 1. The van der Waals surface area contributed by atoms with Crippen LogP contribution in [0.5, 0.6) is 0 Å². The molecular weight excluding hydrogens is 295 g/mol. The molecule has 3 rings (SSSR count). The minimum atomic E-state index is -0.370. The van der Waals surface area contributed by atoms with Crippen LogP contribution in [-0.2, 0) is 11.3 Å². The van der Waals surface area contributed by atoms with Gasteiger partial charge in [0.1, 0.15) is 24.8 Å². The smallest absolute Gasteiger partial charge is 0.246 e. The van der Waals surface area contributed by atoms with Gasteiger partial charge in [0.2, 0.25) is 11.7 Å². The number of carbonyl (C=O) groups is 1. The van der Waals surface area contributed by atoms with Gasteiger partial charge in [-0.3, -0.25) is 9.36 Å². The first kappa shape index (κ1) is 13.1. The van der Waals surface area contributed by atoms with Crippen molar-refractivity contribution in [3.05, 3.63) is 36.2 Å². The molecule has 0 fully saturated rings. The van der Waals surface area contributed by atoms with E-state index < -0.39 is 0 Å². The van der Waals surface area contributed by atoms with E-state index in [0.717, 1.165) is 0 Å². The Balaban J connectivity index is 1.76. The van der Waals surface area contributed by atoms with E-state index in [2.05, 4.69) is 20.5 Å². The Kier molecular flexibility index (Phi) is 3.29. The predicted molar refractivity (Wildman–Crippen MR) is 72.9 cm³/mol. The van der Waals surface area contributed by atoms with E-state index >= 15 is 0 Å². The molecule has 104 valence electrons. The zero-order valence-electron chi connectivity index (χ0n) is 10.4. The van der Waals surface area contributed by atoms with E-state index in [1.165, 1.54) is 34.4 Å². The van der Waals surface area contributed by atoms with E-state index in [-0.39, 0.29) is 24.1 Å². The number of thiazole rings is 1. The number of anilines is 1. The van der Waals surface area contributed by atoms with Gasteiger partial charge in [-0.05, 0) is 18.2 Å². The molecule has 0 aliphatic rings. The highest BCUT2D eigenvalue weighted by molar-refractivity contribution is 7.22. The first-order chi connectivity index (χ1) is 10.2. The van der Waals surface area contributed by atoms with Gasteiger partial charge < -0.3 is 5.32 Å². The summed E-state index contributed by atoms with van der Waals surface area (Å²) >= 11 is 1.17. The Morgan fingerprint density at radius 2 is 2.38 bits per heavy atom. The van der Waals surface area contributed by atoms with Gasteiger partial charge in [0.15, 0.2) is 5.13 Å². The van der Waals surface area contributed by atoms with Crippen LogP contribution in [0.2, 0.25) is 0 Å². The lowest BCUT2D eigenvalue weighted by molar-refractivity contribution is -0.116. The summed E-state index contributed by atoms with van der Waals surface area (Å²) in [6.45, 7) is -0.0970. The third-order valence-electron chi connectivity index (χ3n) is 2.63. The Morgan fingerprint density at radius 1 is 1.52 bits per heavy atom. The van der Waals surface area contributed by atoms with Crippen molar-refractivity contribution in [2.24, 2.45) is 0 Å². The van der Waals surface area contributed by atoms with Crippen molar-refractivity contribution in [1.29, 1.82) is 5.26 Å². The Bertz CT molecular complexity index is 864. The average molecular weight is 302 g/mol. The molecule has 0 aliphatic carbocycles. The molecule has 2 aromatic heterocycles. The topological polar surface area (TPSA) is 96.5 Å². The number of benzene rings is 1. The van der Waals surface area contributed by atoms with Gasteiger partial charge >= 0.3 is 0 Å². The molecule has 1 amide bonds. The van der Waals surface area contributed by atoms with Gasteiger partial charge in [-0.25, -0.2) is 9.37 Å². The molecule has 9 heteroatoms. The largest absolute Gasteiger partial charge is 0.300 e. The molecule has 0 radical (unpaired) electrons. The fourth-order valence-electron chi connectivity index (χ4n) is 1.72. The molecule has 7 nitrogen and oxygen atoms in total. The molecule has 2 heterocycles. The summed E-state index contributed by atoms with van der Waals surface area (Å²) < 4.78 is 15.1. The third kappa shape index (κ3) is 2.70. The third-order valence-corrected chi connectivity index (χ3v) is 3.56. The van der Waals surface area contributed by atoms with Crippen molar-refractivity contribution < 1.29 is 9.18 Å². The lowest BCUT2D eigenvalue weighted by Gasteiger charge is -2.02. The fraction of sp³-hybridized carbons (Fsp3) is 0.0833. The summed E-state index contributed by atoms with van der Waals surface area (Å²) in [5.41, 5.74) is 0.610. The van der Waals surface area contributed by atoms with Gasteiger partial charge in [-0.2, -0.15) is 5.26 Å². The molecule has 0 aliphatic heterocycles. The van der Waals surface area contributed by atoms with Gasteiger partial charge in [0, 0.05) is 0 Å². The van der Waals surface area contributed by atoms with Crippen LogP contribution in [0.4, 0.5) is 9.52 Å². The molecule has 3 aromatic rings. The maximum Gasteiger partial charge on any atom is 0.246 e. The lowest BCUT2D eigenvalue weighted by Crippen LogP contribution is -2.19.